The summed E-state index contributed by atoms with van der Waals surface area (Å²) < 4.78 is 5.79. The number of nitrogens with zero attached hydrogens (tertiary/aromatic N) is 1. The lowest BCUT2D eigenvalue weighted by Gasteiger charge is -2.29. The van der Waals surface area contributed by atoms with Crippen molar-refractivity contribution in [3.05, 3.63) is 64.7 Å². The van der Waals surface area contributed by atoms with E-state index in [-0.39, 0.29) is 18.4 Å². The molecule has 1 N–H and O–H groups in total. The Morgan fingerprint density at radius 3 is 2.46 bits per heavy atom. The predicted octanol–water partition coefficient (Wildman–Crippen LogP) is 3.54. The third-order valence-corrected chi connectivity index (χ3v) is 4.65. The topological polar surface area (TPSA) is 58.6 Å². The second-order valence-corrected chi connectivity index (χ2v) is 7.14. The van der Waals surface area contributed by atoms with Gasteiger partial charge in [0.1, 0.15) is 11.8 Å². The van der Waals surface area contributed by atoms with E-state index in [1.54, 1.807) is 11.8 Å². The largest absolute Gasteiger partial charge is 0.483 e. The van der Waals surface area contributed by atoms with E-state index < -0.39 is 6.04 Å². The minimum Gasteiger partial charge on any atom is -0.483 e. The zero-order valence-electron chi connectivity index (χ0n) is 17.4. The van der Waals surface area contributed by atoms with Gasteiger partial charge in [0.2, 0.25) is 5.91 Å². The molecule has 0 saturated heterocycles. The number of carbonyl (C=O) groups excluding carboxylic acids is 2. The Balaban J connectivity index is 2.17. The normalized spacial score (nSPS) is 11.6. The molecule has 2 amide bonds. The van der Waals surface area contributed by atoms with Crippen molar-refractivity contribution in [2.45, 2.75) is 47.2 Å². The van der Waals surface area contributed by atoms with Crippen molar-refractivity contribution in [3.63, 3.8) is 0 Å². The molecule has 150 valence electrons. The van der Waals surface area contributed by atoms with Crippen LogP contribution in [-0.2, 0) is 16.1 Å². The maximum atomic E-state index is 13.0. The minimum atomic E-state index is -0.588. The summed E-state index contributed by atoms with van der Waals surface area (Å²) in [6.45, 7) is 10.3. The van der Waals surface area contributed by atoms with Gasteiger partial charge in [-0.2, -0.15) is 0 Å². The van der Waals surface area contributed by atoms with Crippen LogP contribution in [0.3, 0.4) is 0 Å². The van der Waals surface area contributed by atoms with E-state index in [9.17, 15) is 9.59 Å². The Morgan fingerprint density at radius 2 is 1.79 bits per heavy atom. The molecule has 0 unspecified atom stereocenters. The van der Waals surface area contributed by atoms with Gasteiger partial charge in [-0.3, -0.25) is 9.59 Å². The molecule has 5 nitrogen and oxygen atoms in total. The molecule has 0 aliphatic rings. The van der Waals surface area contributed by atoms with Crippen molar-refractivity contribution in [1.29, 1.82) is 0 Å². The van der Waals surface area contributed by atoms with Crippen LogP contribution in [0.2, 0.25) is 0 Å². The molecule has 0 fully saturated rings. The van der Waals surface area contributed by atoms with Gasteiger partial charge in [-0.05, 0) is 57.4 Å². The summed E-state index contributed by atoms with van der Waals surface area (Å²) in [6, 6.07) is 13.3. The number of rotatable bonds is 8. The van der Waals surface area contributed by atoms with E-state index in [1.807, 2.05) is 70.2 Å². The van der Waals surface area contributed by atoms with Gasteiger partial charge in [0.25, 0.3) is 5.91 Å². The second kappa shape index (κ2) is 9.93. The van der Waals surface area contributed by atoms with Gasteiger partial charge in [-0.15, -0.1) is 0 Å². The fourth-order valence-corrected chi connectivity index (χ4v) is 3.00. The van der Waals surface area contributed by atoms with E-state index in [2.05, 4.69) is 5.32 Å². The number of hydrogen-bond acceptors (Lipinski definition) is 3. The predicted molar refractivity (Wildman–Crippen MR) is 111 cm³/mol. The van der Waals surface area contributed by atoms with Crippen LogP contribution in [0.5, 0.6) is 5.75 Å². The first-order valence-electron chi connectivity index (χ1n) is 9.64. The van der Waals surface area contributed by atoms with Crippen LogP contribution in [0.1, 0.15) is 36.1 Å². The number of ether oxygens (including phenoxy) is 1. The number of hydrogen-bond donors (Lipinski definition) is 1. The molecule has 0 aliphatic carbocycles. The first-order chi connectivity index (χ1) is 13.3. The van der Waals surface area contributed by atoms with Gasteiger partial charge < -0.3 is 15.0 Å². The van der Waals surface area contributed by atoms with Crippen molar-refractivity contribution in [2.24, 2.45) is 0 Å². The molecule has 0 aromatic heterocycles. The summed E-state index contributed by atoms with van der Waals surface area (Å²) >= 11 is 0. The molecule has 2 aromatic rings. The van der Waals surface area contributed by atoms with Crippen molar-refractivity contribution in [2.75, 3.05) is 13.2 Å². The van der Waals surface area contributed by atoms with Crippen LogP contribution in [0.25, 0.3) is 0 Å². The summed E-state index contributed by atoms with van der Waals surface area (Å²) in [5, 5.41) is 2.79. The summed E-state index contributed by atoms with van der Waals surface area (Å²) in [4.78, 5) is 26.9. The molecule has 0 bridgehead atoms. The molecular weight excluding hydrogens is 352 g/mol. The summed E-state index contributed by atoms with van der Waals surface area (Å²) in [5.74, 6) is 0.297. The Hall–Kier alpha value is -2.82. The van der Waals surface area contributed by atoms with Gasteiger partial charge in [0.15, 0.2) is 6.61 Å². The molecule has 2 rings (SSSR count). The van der Waals surface area contributed by atoms with E-state index in [1.165, 1.54) is 0 Å². The van der Waals surface area contributed by atoms with Gasteiger partial charge in [0, 0.05) is 13.1 Å². The maximum absolute atomic E-state index is 13.0. The Morgan fingerprint density at radius 1 is 1.07 bits per heavy atom. The first kappa shape index (κ1) is 21.5. The fourth-order valence-electron chi connectivity index (χ4n) is 3.00. The molecule has 1 atom stereocenters. The Labute approximate surface area is 167 Å². The number of likely N-dealkylation sites (N-methyl/N-ethyl adjacent to an activating group) is 1. The third-order valence-electron chi connectivity index (χ3n) is 4.65. The standard InChI is InChI=1S/C23H30N2O3/c1-6-24-23(27)19(5)25(14-20-9-7-8-16(2)12-20)22(26)15-28-21-13-17(3)10-11-18(21)4/h7-13,19H,6,14-15H2,1-5H3,(H,24,27)/t19-/m0/s1. The quantitative estimate of drug-likeness (QED) is 0.760. The maximum Gasteiger partial charge on any atom is 0.261 e. The second-order valence-electron chi connectivity index (χ2n) is 7.14. The highest BCUT2D eigenvalue weighted by Crippen LogP contribution is 2.19. The monoisotopic (exact) mass is 382 g/mol. The third kappa shape index (κ3) is 5.84. The lowest BCUT2D eigenvalue weighted by Crippen LogP contribution is -2.49. The zero-order valence-corrected chi connectivity index (χ0v) is 17.4. The average Bonchev–Trinajstić information content (AvgIpc) is 2.66. The highest BCUT2D eigenvalue weighted by molar-refractivity contribution is 5.87. The lowest BCUT2D eigenvalue weighted by atomic mass is 10.1. The Bertz CT molecular complexity index is 832. The van der Waals surface area contributed by atoms with Crippen molar-refractivity contribution in [1.82, 2.24) is 10.2 Å². The summed E-state index contributed by atoms with van der Waals surface area (Å²) in [7, 11) is 0. The van der Waals surface area contributed by atoms with Crippen LogP contribution in [-0.4, -0.2) is 35.9 Å². The fraction of sp³-hybridized carbons (Fsp3) is 0.391. The molecule has 2 aromatic carbocycles. The minimum absolute atomic E-state index is 0.111. The summed E-state index contributed by atoms with van der Waals surface area (Å²) in [6.07, 6.45) is 0. The number of nitrogens with one attached hydrogen (secondary N) is 1. The van der Waals surface area contributed by atoms with E-state index >= 15 is 0 Å². The molecular formula is C23H30N2O3. The van der Waals surface area contributed by atoms with Crippen molar-refractivity contribution >= 4 is 11.8 Å². The van der Waals surface area contributed by atoms with Crippen LogP contribution in [0.15, 0.2) is 42.5 Å². The van der Waals surface area contributed by atoms with E-state index in [0.29, 0.717) is 18.8 Å². The highest BCUT2D eigenvalue weighted by Gasteiger charge is 2.26. The van der Waals surface area contributed by atoms with Crippen molar-refractivity contribution < 1.29 is 14.3 Å². The highest BCUT2D eigenvalue weighted by atomic mass is 16.5. The van der Waals surface area contributed by atoms with Gasteiger partial charge in [0.05, 0.1) is 0 Å². The van der Waals surface area contributed by atoms with Crippen LogP contribution >= 0.6 is 0 Å². The molecule has 0 saturated carbocycles. The van der Waals surface area contributed by atoms with Gasteiger partial charge in [-0.25, -0.2) is 0 Å². The van der Waals surface area contributed by atoms with Gasteiger partial charge >= 0.3 is 0 Å². The number of benzene rings is 2. The van der Waals surface area contributed by atoms with Crippen LogP contribution in [0.4, 0.5) is 0 Å². The molecule has 0 heterocycles. The SMILES string of the molecule is CCNC(=O)[C@H](C)N(Cc1cccc(C)c1)C(=O)COc1cc(C)ccc1C. The lowest BCUT2D eigenvalue weighted by molar-refractivity contribution is -0.142. The van der Waals surface area contributed by atoms with Gasteiger partial charge in [-0.1, -0.05) is 42.0 Å². The van der Waals surface area contributed by atoms with E-state index in [0.717, 1.165) is 22.3 Å². The first-order valence-corrected chi connectivity index (χ1v) is 9.64. The Kier molecular flexibility index (Phi) is 7.61. The molecule has 28 heavy (non-hydrogen) atoms. The van der Waals surface area contributed by atoms with Crippen LogP contribution < -0.4 is 10.1 Å². The number of aryl methyl sites for hydroxylation is 3. The number of carbonyl (C=O) groups is 2. The van der Waals surface area contributed by atoms with Crippen molar-refractivity contribution in [3.8, 4) is 5.75 Å². The van der Waals surface area contributed by atoms with E-state index in [4.69, 9.17) is 4.74 Å². The zero-order chi connectivity index (χ0) is 20.7. The molecule has 0 aliphatic heterocycles. The summed E-state index contributed by atoms with van der Waals surface area (Å²) in [5.41, 5.74) is 4.14. The smallest absolute Gasteiger partial charge is 0.261 e. The molecule has 0 radical (unpaired) electrons. The molecule has 0 spiro atoms. The van der Waals surface area contributed by atoms with Crippen LogP contribution in [0, 0.1) is 20.8 Å². The average molecular weight is 383 g/mol. The number of amides is 2. The molecule has 5 heteroatoms.